The van der Waals surface area contributed by atoms with Crippen molar-refractivity contribution in [1.29, 1.82) is 5.26 Å². The smallest absolute Gasteiger partial charge is 0.273 e. The Morgan fingerprint density at radius 3 is 2.68 bits per heavy atom. The Morgan fingerprint density at radius 2 is 1.94 bits per heavy atom. The minimum Gasteiger partial charge on any atom is -0.342 e. The highest BCUT2D eigenvalue weighted by molar-refractivity contribution is 6.30. The van der Waals surface area contributed by atoms with E-state index in [1.54, 1.807) is 48.5 Å². The van der Waals surface area contributed by atoms with Crippen LogP contribution >= 0.6 is 11.6 Å². The molecular weight excluding hydrogens is 458 g/mol. The maximum Gasteiger partial charge on any atom is 0.273 e. The molecule has 3 aromatic rings. The lowest BCUT2D eigenvalue weighted by Crippen LogP contribution is -2.42. The van der Waals surface area contributed by atoms with Crippen molar-refractivity contribution in [2.45, 2.75) is 12.5 Å². The maximum absolute atomic E-state index is 12.7. The minimum absolute atomic E-state index is 0.0196. The van der Waals surface area contributed by atoms with Crippen molar-refractivity contribution in [3.8, 4) is 11.8 Å². The van der Waals surface area contributed by atoms with Crippen molar-refractivity contribution in [3.05, 3.63) is 71.5 Å². The third-order valence-electron chi connectivity index (χ3n) is 5.38. The second-order valence-corrected chi connectivity index (χ2v) is 8.13. The van der Waals surface area contributed by atoms with Gasteiger partial charge in [-0.2, -0.15) is 5.26 Å². The van der Waals surface area contributed by atoms with E-state index in [2.05, 4.69) is 27.0 Å². The van der Waals surface area contributed by atoms with Gasteiger partial charge < -0.3 is 15.5 Å². The minimum atomic E-state index is -0.750. The molecule has 1 aliphatic rings. The van der Waals surface area contributed by atoms with E-state index < -0.39 is 23.8 Å². The molecule has 3 amide bonds. The number of rotatable bonds is 6. The predicted octanol–water partition coefficient (Wildman–Crippen LogP) is 2.03. The normalized spacial score (nSPS) is 17.1. The zero-order valence-electron chi connectivity index (χ0n) is 17.9. The topological polar surface area (TPSA) is 133 Å². The molecular formula is C23H20ClN7O3. The Labute approximate surface area is 200 Å². The van der Waals surface area contributed by atoms with Gasteiger partial charge in [0.15, 0.2) is 5.69 Å². The van der Waals surface area contributed by atoms with E-state index in [-0.39, 0.29) is 31.1 Å². The van der Waals surface area contributed by atoms with Crippen LogP contribution in [0.4, 0.5) is 5.69 Å². The van der Waals surface area contributed by atoms with Gasteiger partial charge in [-0.25, -0.2) is 4.68 Å². The van der Waals surface area contributed by atoms with E-state index in [1.807, 2.05) is 6.07 Å². The molecule has 172 valence electrons. The highest BCUT2D eigenvalue weighted by atomic mass is 35.5. The summed E-state index contributed by atoms with van der Waals surface area (Å²) in [5, 5.41) is 23.0. The summed E-state index contributed by atoms with van der Waals surface area (Å²) in [6.07, 6.45) is 1.65. The third-order valence-corrected chi connectivity index (χ3v) is 5.62. The number of nitrogens with zero attached hydrogens (tertiary/aromatic N) is 5. The molecule has 0 saturated carbocycles. The van der Waals surface area contributed by atoms with Gasteiger partial charge in [-0.1, -0.05) is 41.1 Å². The van der Waals surface area contributed by atoms with Crippen LogP contribution in [0.1, 0.15) is 16.9 Å². The molecule has 2 aromatic carbocycles. The van der Waals surface area contributed by atoms with Gasteiger partial charge in [0.25, 0.3) is 5.91 Å². The Hall–Kier alpha value is -4.23. The van der Waals surface area contributed by atoms with E-state index in [0.717, 1.165) is 0 Å². The first-order valence-corrected chi connectivity index (χ1v) is 10.8. The second-order valence-electron chi connectivity index (χ2n) is 7.69. The maximum atomic E-state index is 12.7. The summed E-state index contributed by atoms with van der Waals surface area (Å²) in [6.45, 7) is -0.245. The van der Waals surface area contributed by atoms with Crippen LogP contribution in [0.2, 0.25) is 5.02 Å². The standard InChI is InChI=1S/C23H20ClN7O3/c24-16-5-4-8-18(10-16)31-14-20(28-29-31)23(34)26-12-21(32)30-13-15(9-19(30)11-25)22(33)27-17-6-2-1-3-7-17/h1-8,10,14-15,19H,9,12-13H2,(H,26,34)(H,27,33). The average Bonchev–Trinajstić information content (AvgIpc) is 3.51. The number of carbonyl (C=O) groups excluding carboxylic acids is 3. The number of nitrogens with one attached hydrogen (secondary N) is 2. The number of hydrogen-bond donors (Lipinski definition) is 2. The van der Waals surface area contributed by atoms with Crippen molar-refractivity contribution in [2.24, 2.45) is 5.92 Å². The molecule has 0 spiro atoms. The van der Waals surface area contributed by atoms with Gasteiger partial charge in [-0.15, -0.1) is 5.10 Å². The molecule has 2 heterocycles. The van der Waals surface area contributed by atoms with Crippen molar-refractivity contribution in [1.82, 2.24) is 25.2 Å². The molecule has 2 N–H and O–H groups in total. The number of carbonyl (C=O) groups is 3. The van der Waals surface area contributed by atoms with Crippen LogP contribution in [0, 0.1) is 17.2 Å². The monoisotopic (exact) mass is 477 g/mol. The van der Waals surface area contributed by atoms with Crippen LogP contribution in [-0.4, -0.2) is 56.7 Å². The third kappa shape index (κ3) is 5.22. The Morgan fingerprint density at radius 1 is 1.15 bits per heavy atom. The lowest BCUT2D eigenvalue weighted by molar-refractivity contribution is -0.130. The zero-order chi connectivity index (χ0) is 24.1. The van der Waals surface area contributed by atoms with Crippen LogP contribution in [0.25, 0.3) is 5.69 Å². The molecule has 0 radical (unpaired) electrons. The summed E-state index contributed by atoms with van der Waals surface area (Å²) in [5.74, 6) is -1.84. The summed E-state index contributed by atoms with van der Waals surface area (Å²) < 4.78 is 1.39. The van der Waals surface area contributed by atoms with Crippen molar-refractivity contribution in [2.75, 3.05) is 18.4 Å². The van der Waals surface area contributed by atoms with Crippen LogP contribution in [-0.2, 0) is 9.59 Å². The number of halogens is 1. The first-order chi connectivity index (χ1) is 16.4. The van der Waals surface area contributed by atoms with E-state index in [1.165, 1.54) is 15.8 Å². The van der Waals surface area contributed by atoms with E-state index in [4.69, 9.17) is 11.6 Å². The molecule has 1 saturated heterocycles. The molecule has 10 nitrogen and oxygen atoms in total. The van der Waals surface area contributed by atoms with Crippen molar-refractivity contribution < 1.29 is 14.4 Å². The average molecular weight is 478 g/mol. The van der Waals surface area contributed by atoms with Gasteiger partial charge in [-0.3, -0.25) is 14.4 Å². The molecule has 11 heteroatoms. The molecule has 34 heavy (non-hydrogen) atoms. The summed E-state index contributed by atoms with van der Waals surface area (Å²) in [4.78, 5) is 39.1. The van der Waals surface area contributed by atoms with Gasteiger partial charge in [0.2, 0.25) is 11.8 Å². The Bertz CT molecular complexity index is 1250. The summed E-state index contributed by atoms with van der Waals surface area (Å²) in [7, 11) is 0. The number of amides is 3. The molecule has 2 atom stereocenters. The fraction of sp³-hybridized carbons (Fsp3) is 0.217. The highest BCUT2D eigenvalue weighted by Crippen LogP contribution is 2.24. The number of aromatic nitrogens is 3. The number of benzene rings is 2. The van der Waals surface area contributed by atoms with Crippen LogP contribution in [0.5, 0.6) is 0 Å². The van der Waals surface area contributed by atoms with E-state index in [0.29, 0.717) is 16.4 Å². The number of likely N-dealkylation sites (tertiary alicyclic amines) is 1. The summed E-state index contributed by atoms with van der Waals surface area (Å²) >= 11 is 5.97. The number of para-hydroxylation sites is 1. The number of anilines is 1. The molecule has 2 unspecified atom stereocenters. The SMILES string of the molecule is N#CC1CC(C(=O)Nc2ccccc2)CN1C(=O)CNC(=O)c1cn(-c2cccc(Cl)c2)nn1. The first kappa shape index (κ1) is 22.9. The van der Waals surface area contributed by atoms with Gasteiger partial charge in [0.05, 0.1) is 30.4 Å². The quantitative estimate of drug-likeness (QED) is 0.558. The van der Waals surface area contributed by atoms with Crippen molar-refractivity contribution >= 4 is 35.0 Å². The van der Waals surface area contributed by atoms with Crippen LogP contribution < -0.4 is 10.6 Å². The molecule has 0 aliphatic carbocycles. The van der Waals surface area contributed by atoms with Crippen molar-refractivity contribution in [3.63, 3.8) is 0 Å². The molecule has 4 rings (SSSR count). The fourth-order valence-corrected chi connectivity index (χ4v) is 3.83. The molecule has 1 fully saturated rings. The van der Waals surface area contributed by atoms with Gasteiger partial charge in [0, 0.05) is 17.3 Å². The summed E-state index contributed by atoms with van der Waals surface area (Å²) in [5.41, 5.74) is 1.29. The molecule has 1 aromatic heterocycles. The summed E-state index contributed by atoms with van der Waals surface area (Å²) in [6, 6.07) is 17.1. The van der Waals surface area contributed by atoms with Crippen LogP contribution in [0.15, 0.2) is 60.8 Å². The number of hydrogen-bond acceptors (Lipinski definition) is 6. The van der Waals surface area contributed by atoms with E-state index in [9.17, 15) is 19.6 Å². The van der Waals surface area contributed by atoms with Gasteiger partial charge >= 0.3 is 0 Å². The number of nitriles is 1. The Balaban J connectivity index is 1.33. The lowest BCUT2D eigenvalue weighted by Gasteiger charge is -2.19. The zero-order valence-corrected chi connectivity index (χ0v) is 18.6. The van der Waals surface area contributed by atoms with Gasteiger partial charge in [0.1, 0.15) is 6.04 Å². The highest BCUT2D eigenvalue weighted by Gasteiger charge is 2.38. The fourth-order valence-electron chi connectivity index (χ4n) is 3.65. The lowest BCUT2D eigenvalue weighted by atomic mass is 10.1. The Kier molecular flexibility index (Phi) is 6.85. The van der Waals surface area contributed by atoms with Crippen LogP contribution in [0.3, 0.4) is 0 Å². The largest absolute Gasteiger partial charge is 0.342 e. The van der Waals surface area contributed by atoms with Gasteiger partial charge in [-0.05, 0) is 36.8 Å². The first-order valence-electron chi connectivity index (χ1n) is 10.5. The molecule has 0 bridgehead atoms. The second kappa shape index (κ2) is 10.1. The predicted molar refractivity (Wildman–Crippen MR) is 123 cm³/mol. The molecule has 1 aliphatic heterocycles. The van der Waals surface area contributed by atoms with E-state index >= 15 is 0 Å².